The average molecular weight is 380 g/mol. The van der Waals surface area contributed by atoms with E-state index in [9.17, 15) is 4.79 Å². The van der Waals surface area contributed by atoms with Gasteiger partial charge in [0.25, 0.3) is 5.91 Å². The third kappa shape index (κ3) is 4.74. The van der Waals surface area contributed by atoms with E-state index in [0.29, 0.717) is 4.88 Å². The van der Waals surface area contributed by atoms with Gasteiger partial charge >= 0.3 is 0 Å². The van der Waals surface area contributed by atoms with Crippen molar-refractivity contribution in [1.29, 1.82) is 0 Å². The SMILES string of the molecule is CCCCc1ccc(NC(=O)c2sc(N(C)c3ccccc3)nc2C)cc1. The zero-order chi connectivity index (χ0) is 19.2. The van der Waals surface area contributed by atoms with E-state index in [0.717, 1.165) is 28.6 Å². The molecule has 3 rings (SSSR count). The number of para-hydroxylation sites is 1. The number of anilines is 3. The lowest BCUT2D eigenvalue weighted by Crippen LogP contribution is -2.11. The molecule has 1 N–H and O–H groups in total. The molecule has 0 saturated carbocycles. The van der Waals surface area contributed by atoms with E-state index in [1.165, 1.54) is 29.7 Å². The molecule has 0 saturated heterocycles. The fourth-order valence-electron chi connectivity index (χ4n) is 2.82. The molecular formula is C22H25N3OS. The van der Waals surface area contributed by atoms with Gasteiger partial charge in [0.2, 0.25) is 0 Å². The maximum absolute atomic E-state index is 12.7. The Morgan fingerprint density at radius 1 is 1.11 bits per heavy atom. The minimum Gasteiger partial charge on any atom is -0.321 e. The third-order valence-corrected chi connectivity index (χ3v) is 5.69. The molecule has 0 radical (unpaired) electrons. The van der Waals surface area contributed by atoms with Crippen molar-refractivity contribution in [1.82, 2.24) is 4.98 Å². The maximum atomic E-state index is 12.7. The van der Waals surface area contributed by atoms with Gasteiger partial charge in [0, 0.05) is 18.4 Å². The van der Waals surface area contributed by atoms with Crippen molar-refractivity contribution in [2.75, 3.05) is 17.3 Å². The van der Waals surface area contributed by atoms with Crippen LogP contribution >= 0.6 is 11.3 Å². The van der Waals surface area contributed by atoms with Crippen molar-refractivity contribution in [2.45, 2.75) is 33.1 Å². The van der Waals surface area contributed by atoms with Crippen LogP contribution in [0.25, 0.3) is 0 Å². The van der Waals surface area contributed by atoms with Gasteiger partial charge in [-0.25, -0.2) is 4.98 Å². The summed E-state index contributed by atoms with van der Waals surface area (Å²) in [5, 5.41) is 3.79. The quantitative estimate of drug-likeness (QED) is 0.563. The highest BCUT2D eigenvalue weighted by atomic mass is 32.1. The molecule has 1 heterocycles. The number of amides is 1. The van der Waals surface area contributed by atoms with E-state index < -0.39 is 0 Å². The largest absolute Gasteiger partial charge is 0.321 e. The van der Waals surface area contributed by atoms with Crippen LogP contribution in [0.3, 0.4) is 0 Å². The van der Waals surface area contributed by atoms with Gasteiger partial charge in [0.1, 0.15) is 4.88 Å². The molecule has 0 spiro atoms. The number of rotatable bonds is 7. The van der Waals surface area contributed by atoms with Crippen LogP contribution in [0.4, 0.5) is 16.5 Å². The van der Waals surface area contributed by atoms with Crippen molar-refractivity contribution in [3.63, 3.8) is 0 Å². The van der Waals surface area contributed by atoms with E-state index in [2.05, 4.69) is 29.4 Å². The molecule has 140 valence electrons. The van der Waals surface area contributed by atoms with Crippen LogP contribution in [-0.4, -0.2) is 17.9 Å². The van der Waals surface area contributed by atoms with Crippen LogP contribution in [0.2, 0.25) is 0 Å². The van der Waals surface area contributed by atoms with Crippen LogP contribution in [-0.2, 0) is 6.42 Å². The van der Waals surface area contributed by atoms with E-state index >= 15 is 0 Å². The predicted molar refractivity (Wildman–Crippen MR) is 114 cm³/mol. The Balaban J connectivity index is 1.71. The molecule has 1 amide bonds. The number of benzene rings is 2. The van der Waals surface area contributed by atoms with Crippen LogP contribution in [0.15, 0.2) is 54.6 Å². The Bertz CT molecular complexity index is 888. The molecule has 2 aromatic carbocycles. The maximum Gasteiger partial charge on any atom is 0.267 e. The first-order valence-corrected chi connectivity index (χ1v) is 10.1. The van der Waals surface area contributed by atoms with Gasteiger partial charge in [-0.3, -0.25) is 4.79 Å². The van der Waals surface area contributed by atoms with Gasteiger partial charge in [0.05, 0.1) is 5.69 Å². The van der Waals surface area contributed by atoms with Crippen LogP contribution in [0.5, 0.6) is 0 Å². The molecule has 0 atom stereocenters. The number of unbranched alkanes of at least 4 members (excludes halogenated alkanes) is 1. The van der Waals surface area contributed by atoms with Gasteiger partial charge in [-0.05, 0) is 49.6 Å². The molecule has 1 aromatic heterocycles. The topological polar surface area (TPSA) is 45.2 Å². The Morgan fingerprint density at radius 2 is 1.81 bits per heavy atom. The average Bonchev–Trinajstić information content (AvgIpc) is 3.09. The molecule has 0 bridgehead atoms. The summed E-state index contributed by atoms with van der Waals surface area (Å²) in [5.74, 6) is -0.112. The highest BCUT2D eigenvalue weighted by Crippen LogP contribution is 2.30. The number of aromatic nitrogens is 1. The first-order valence-electron chi connectivity index (χ1n) is 9.25. The number of carbonyl (C=O) groups excluding carboxylic acids is 1. The van der Waals surface area contributed by atoms with Gasteiger partial charge in [-0.15, -0.1) is 0 Å². The smallest absolute Gasteiger partial charge is 0.267 e. The molecule has 27 heavy (non-hydrogen) atoms. The van der Waals surface area contributed by atoms with Crippen LogP contribution < -0.4 is 10.2 Å². The Hall–Kier alpha value is -2.66. The molecule has 0 unspecified atom stereocenters. The molecule has 0 fully saturated rings. The molecule has 5 heteroatoms. The van der Waals surface area contributed by atoms with Gasteiger partial charge < -0.3 is 10.2 Å². The zero-order valence-electron chi connectivity index (χ0n) is 16.0. The van der Waals surface area contributed by atoms with Crippen LogP contribution in [0, 0.1) is 6.92 Å². The standard InChI is InChI=1S/C22H25N3OS/c1-4-5-9-17-12-14-18(15-13-17)24-21(26)20-16(2)23-22(27-20)25(3)19-10-7-6-8-11-19/h6-8,10-15H,4-5,9H2,1-3H3,(H,24,26). The predicted octanol–water partition coefficient (Wildman–Crippen LogP) is 5.81. The van der Waals surface area contributed by atoms with Crippen molar-refractivity contribution in [2.24, 2.45) is 0 Å². The summed E-state index contributed by atoms with van der Waals surface area (Å²) in [6.07, 6.45) is 3.44. The van der Waals surface area contributed by atoms with Gasteiger partial charge in [-0.2, -0.15) is 0 Å². The first-order chi connectivity index (χ1) is 13.1. The summed E-state index contributed by atoms with van der Waals surface area (Å²) in [5.41, 5.74) is 3.90. The third-order valence-electron chi connectivity index (χ3n) is 4.45. The second kappa shape index (κ2) is 8.82. The number of hydrogen-bond donors (Lipinski definition) is 1. The van der Waals surface area contributed by atoms with Crippen molar-refractivity contribution in [3.05, 3.63) is 70.7 Å². The molecule has 3 aromatic rings. The Kier molecular flexibility index (Phi) is 6.24. The summed E-state index contributed by atoms with van der Waals surface area (Å²) in [6.45, 7) is 4.07. The van der Waals surface area contributed by atoms with E-state index in [1.807, 2.05) is 61.3 Å². The van der Waals surface area contributed by atoms with E-state index in [1.54, 1.807) is 0 Å². The Labute approximate surface area is 164 Å². The lowest BCUT2D eigenvalue weighted by atomic mass is 10.1. The summed E-state index contributed by atoms with van der Waals surface area (Å²) < 4.78 is 0. The molecule has 0 aliphatic heterocycles. The minimum atomic E-state index is -0.112. The number of hydrogen-bond acceptors (Lipinski definition) is 4. The zero-order valence-corrected chi connectivity index (χ0v) is 16.8. The number of thiazole rings is 1. The monoisotopic (exact) mass is 379 g/mol. The minimum absolute atomic E-state index is 0.112. The lowest BCUT2D eigenvalue weighted by molar-refractivity contribution is 0.103. The van der Waals surface area contributed by atoms with E-state index in [4.69, 9.17) is 0 Å². The second-order valence-corrected chi connectivity index (χ2v) is 7.54. The molecule has 0 aliphatic rings. The highest BCUT2D eigenvalue weighted by molar-refractivity contribution is 7.17. The molecular weight excluding hydrogens is 354 g/mol. The van der Waals surface area contributed by atoms with Crippen molar-refractivity contribution >= 4 is 33.8 Å². The molecule has 4 nitrogen and oxygen atoms in total. The van der Waals surface area contributed by atoms with Gasteiger partial charge in [0.15, 0.2) is 5.13 Å². The Morgan fingerprint density at radius 3 is 2.48 bits per heavy atom. The first kappa shape index (κ1) is 19.1. The molecule has 0 aliphatic carbocycles. The van der Waals surface area contributed by atoms with Crippen molar-refractivity contribution in [3.8, 4) is 0 Å². The fourth-order valence-corrected chi connectivity index (χ4v) is 3.77. The second-order valence-electron chi connectivity index (χ2n) is 6.56. The summed E-state index contributed by atoms with van der Waals surface area (Å²) in [7, 11) is 1.96. The summed E-state index contributed by atoms with van der Waals surface area (Å²) >= 11 is 1.41. The summed E-state index contributed by atoms with van der Waals surface area (Å²) in [6, 6.07) is 18.1. The van der Waals surface area contributed by atoms with Gasteiger partial charge in [-0.1, -0.05) is 55.0 Å². The fraction of sp³-hybridized carbons (Fsp3) is 0.273. The number of aryl methyl sites for hydroxylation is 2. The lowest BCUT2D eigenvalue weighted by Gasteiger charge is -2.15. The number of nitrogens with zero attached hydrogens (tertiary/aromatic N) is 2. The normalized spacial score (nSPS) is 10.6. The number of nitrogens with one attached hydrogen (secondary N) is 1. The highest BCUT2D eigenvalue weighted by Gasteiger charge is 2.18. The van der Waals surface area contributed by atoms with Crippen molar-refractivity contribution < 1.29 is 4.79 Å². The summed E-state index contributed by atoms with van der Waals surface area (Å²) in [4.78, 5) is 19.9. The van der Waals surface area contributed by atoms with E-state index in [-0.39, 0.29) is 5.91 Å². The number of carbonyl (C=O) groups is 1. The van der Waals surface area contributed by atoms with Crippen LogP contribution in [0.1, 0.15) is 40.7 Å².